The fraction of sp³-hybridized carbons (Fsp3) is 0.462. The third-order valence-electron chi connectivity index (χ3n) is 3.97. The van der Waals surface area contributed by atoms with Crippen LogP contribution in [0.2, 0.25) is 5.02 Å². The van der Waals surface area contributed by atoms with Crippen LogP contribution in [0.1, 0.15) is 32.2 Å². The zero-order valence-corrected chi connectivity index (χ0v) is 11.5. The van der Waals surface area contributed by atoms with E-state index in [-0.39, 0.29) is 0 Å². The number of tetrazole rings is 1. The van der Waals surface area contributed by atoms with Crippen molar-refractivity contribution >= 4 is 17.3 Å². The van der Waals surface area contributed by atoms with Gasteiger partial charge in [0, 0.05) is 5.56 Å². The first-order valence-corrected chi connectivity index (χ1v) is 6.88. The second kappa shape index (κ2) is 4.81. The molecule has 1 aromatic heterocycles. The molecule has 0 aliphatic heterocycles. The first-order valence-electron chi connectivity index (χ1n) is 6.50. The van der Waals surface area contributed by atoms with Gasteiger partial charge in [-0.2, -0.15) is 0 Å². The van der Waals surface area contributed by atoms with Gasteiger partial charge in [0.1, 0.15) is 0 Å². The van der Waals surface area contributed by atoms with Crippen molar-refractivity contribution < 1.29 is 0 Å². The van der Waals surface area contributed by atoms with Crippen LogP contribution >= 0.6 is 11.6 Å². The van der Waals surface area contributed by atoms with E-state index in [1.807, 2.05) is 16.8 Å². The number of anilines is 1. The van der Waals surface area contributed by atoms with Crippen LogP contribution in [0.3, 0.4) is 0 Å². The molecule has 6 heteroatoms. The molecule has 100 valence electrons. The van der Waals surface area contributed by atoms with Crippen LogP contribution in [-0.2, 0) is 0 Å². The summed E-state index contributed by atoms with van der Waals surface area (Å²) in [5.74, 6) is 1.42. The van der Waals surface area contributed by atoms with Crippen molar-refractivity contribution in [1.82, 2.24) is 20.2 Å². The van der Waals surface area contributed by atoms with Gasteiger partial charge in [-0.3, -0.25) is 0 Å². The molecule has 2 aromatic rings. The van der Waals surface area contributed by atoms with Gasteiger partial charge < -0.3 is 5.73 Å². The van der Waals surface area contributed by atoms with Crippen molar-refractivity contribution in [3.8, 4) is 11.4 Å². The monoisotopic (exact) mass is 277 g/mol. The molecule has 0 radical (unpaired) electrons. The highest BCUT2D eigenvalue weighted by atomic mass is 35.5. The Bertz CT molecular complexity index is 590. The average Bonchev–Trinajstić information content (AvgIpc) is 2.79. The Balaban J connectivity index is 1.96. The number of hydrogen-bond donors (Lipinski definition) is 1. The topological polar surface area (TPSA) is 69.6 Å². The van der Waals surface area contributed by atoms with Gasteiger partial charge in [0.25, 0.3) is 0 Å². The molecule has 5 nitrogen and oxygen atoms in total. The van der Waals surface area contributed by atoms with E-state index in [2.05, 4.69) is 22.4 Å². The molecule has 1 heterocycles. The summed E-state index contributed by atoms with van der Waals surface area (Å²) in [4.78, 5) is 0. The van der Waals surface area contributed by atoms with Crippen LogP contribution in [0, 0.1) is 5.92 Å². The van der Waals surface area contributed by atoms with E-state index in [1.54, 1.807) is 6.07 Å². The third kappa shape index (κ3) is 2.18. The molecule has 1 fully saturated rings. The lowest BCUT2D eigenvalue weighted by atomic mass is 9.80. The normalized spacial score (nSPS) is 17.2. The van der Waals surface area contributed by atoms with Crippen LogP contribution in [0.25, 0.3) is 11.4 Å². The van der Waals surface area contributed by atoms with Gasteiger partial charge >= 0.3 is 0 Å². The highest BCUT2D eigenvalue weighted by Crippen LogP contribution is 2.37. The zero-order valence-electron chi connectivity index (χ0n) is 10.8. The maximum absolute atomic E-state index is 6.06. The van der Waals surface area contributed by atoms with E-state index in [0.717, 1.165) is 11.4 Å². The summed E-state index contributed by atoms with van der Waals surface area (Å²) in [6, 6.07) is 5.81. The van der Waals surface area contributed by atoms with Crippen molar-refractivity contribution in [2.24, 2.45) is 5.92 Å². The molecule has 2 N–H and O–H groups in total. The molecule has 1 atom stereocenters. The predicted molar refractivity (Wildman–Crippen MR) is 74.7 cm³/mol. The Morgan fingerprint density at radius 3 is 2.84 bits per heavy atom. The van der Waals surface area contributed by atoms with Crippen LogP contribution in [-0.4, -0.2) is 20.2 Å². The van der Waals surface area contributed by atoms with Gasteiger partial charge in [-0.1, -0.05) is 18.0 Å². The minimum absolute atomic E-state index is 0.315. The van der Waals surface area contributed by atoms with Crippen molar-refractivity contribution in [2.75, 3.05) is 5.73 Å². The lowest BCUT2D eigenvalue weighted by molar-refractivity contribution is 0.210. The van der Waals surface area contributed by atoms with E-state index in [1.165, 1.54) is 19.3 Å². The molecule has 0 spiro atoms. The SMILES string of the molecule is CC(C1CCC1)n1nnnc1-c1ccc(N)c(Cl)c1. The molecule has 0 saturated heterocycles. The van der Waals surface area contributed by atoms with Gasteiger partial charge in [-0.15, -0.1) is 5.10 Å². The second-order valence-corrected chi connectivity index (χ2v) is 5.52. The first-order chi connectivity index (χ1) is 9.16. The molecule has 1 aromatic carbocycles. The van der Waals surface area contributed by atoms with E-state index in [9.17, 15) is 0 Å². The van der Waals surface area contributed by atoms with E-state index in [0.29, 0.717) is 22.7 Å². The number of nitrogens with zero attached hydrogens (tertiary/aromatic N) is 4. The summed E-state index contributed by atoms with van der Waals surface area (Å²) in [6.07, 6.45) is 3.81. The van der Waals surface area contributed by atoms with Gasteiger partial charge in [-0.05, 0) is 54.3 Å². The van der Waals surface area contributed by atoms with Crippen LogP contribution in [0.15, 0.2) is 18.2 Å². The van der Waals surface area contributed by atoms with Crippen LogP contribution < -0.4 is 5.73 Å². The van der Waals surface area contributed by atoms with Crippen molar-refractivity contribution in [3.63, 3.8) is 0 Å². The Labute approximate surface area is 116 Å². The minimum atomic E-state index is 0.315. The predicted octanol–water partition coefficient (Wildman–Crippen LogP) is 2.94. The molecule has 1 saturated carbocycles. The van der Waals surface area contributed by atoms with E-state index >= 15 is 0 Å². The number of halogens is 1. The summed E-state index contributed by atoms with van der Waals surface area (Å²) in [7, 11) is 0. The van der Waals surface area contributed by atoms with Crippen LogP contribution in [0.4, 0.5) is 5.69 Å². The van der Waals surface area contributed by atoms with E-state index in [4.69, 9.17) is 17.3 Å². The lowest BCUT2D eigenvalue weighted by Crippen LogP contribution is -2.24. The Hall–Kier alpha value is -1.62. The fourth-order valence-corrected chi connectivity index (χ4v) is 2.63. The van der Waals surface area contributed by atoms with E-state index < -0.39 is 0 Å². The number of nitrogens with two attached hydrogens (primary N) is 1. The highest BCUT2D eigenvalue weighted by molar-refractivity contribution is 6.33. The lowest BCUT2D eigenvalue weighted by Gasteiger charge is -2.31. The van der Waals surface area contributed by atoms with Gasteiger partial charge in [0.05, 0.1) is 16.8 Å². The quantitative estimate of drug-likeness (QED) is 0.876. The van der Waals surface area contributed by atoms with Gasteiger partial charge in [0.15, 0.2) is 5.82 Å². The average molecular weight is 278 g/mol. The number of rotatable bonds is 3. The van der Waals surface area contributed by atoms with Crippen molar-refractivity contribution in [3.05, 3.63) is 23.2 Å². The molecule has 0 bridgehead atoms. The van der Waals surface area contributed by atoms with Gasteiger partial charge in [-0.25, -0.2) is 4.68 Å². The number of benzene rings is 1. The molecular formula is C13H16ClN5. The third-order valence-corrected chi connectivity index (χ3v) is 4.30. The number of hydrogen-bond acceptors (Lipinski definition) is 4. The molecule has 1 aliphatic rings. The maximum Gasteiger partial charge on any atom is 0.182 e. The minimum Gasteiger partial charge on any atom is -0.398 e. The highest BCUT2D eigenvalue weighted by Gasteiger charge is 2.28. The zero-order chi connectivity index (χ0) is 13.4. The summed E-state index contributed by atoms with van der Waals surface area (Å²) < 4.78 is 1.89. The molecule has 1 unspecified atom stereocenters. The summed E-state index contributed by atoms with van der Waals surface area (Å²) >= 11 is 6.06. The smallest absolute Gasteiger partial charge is 0.182 e. The molecular weight excluding hydrogens is 262 g/mol. The van der Waals surface area contributed by atoms with Crippen molar-refractivity contribution in [1.29, 1.82) is 0 Å². The Kier molecular flexibility index (Phi) is 3.14. The summed E-state index contributed by atoms with van der Waals surface area (Å²) in [5, 5.41) is 12.6. The van der Waals surface area contributed by atoms with Gasteiger partial charge in [0.2, 0.25) is 0 Å². The first kappa shape index (κ1) is 12.4. The standard InChI is InChI=1S/C13H16ClN5/c1-8(9-3-2-4-9)19-13(16-17-18-19)10-5-6-12(15)11(14)7-10/h5-9H,2-4,15H2,1H3. The Morgan fingerprint density at radius 2 is 2.21 bits per heavy atom. The fourth-order valence-electron chi connectivity index (χ4n) is 2.45. The molecule has 3 rings (SSSR count). The molecule has 19 heavy (non-hydrogen) atoms. The largest absolute Gasteiger partial charge is 0.398 e. The summed E-state index contributed by atoms with van der Waals surface area (Å²) in [5.41, 5.74) is 7.19. The molecule has 0 amide bonds. The number of aromatic nitrogens is 4. The number of nitrogen functional groups attached to an aromatic ring is 1. The maximum atomic E-state index is 6.06. The van der Waals surface area contributed by atoms with Crippen molar-refractivity contribution in [2.45, 2.75) is 32.2 Å². The Morgan fingerprint density at radius 1 is 1.42 bits per heavy atom. The molecule has 1 aliphatic carbocycles. The van der Waals surface area contributed by atoms with Crippen LogP contribution in [0.5, 0.6) is 0 Å². The second-order valence-electron chi connectivity index (χ2n) is 5.11. The summed E-state index contributed by atoms with van der Waals surface area (Å²) in [6.45, 7) is 2.17.